The molecule has 64 heavy (non-hydrogen) atoms. The summed E-state index contributed by atoms with van der Waals surface area (Å²) in [4.78, 5) is 26.2. The van der Waals surface area contributed by atoms with E-state index in [9.17, 15) is 19.8 Å². The fraction of sp³-hybridized carbons (Fsp3) is 0.759. The summed E-state index contributed by atoms with van der Waals surface area (Å²) in [6.07, 6.45) is 65.2. The Balaban J connectivity index is 4.63. The number of rotatable bonds is 48. The maximum absolute atomic E-state index is 13.2. The monoisotopic (exact) mass is 894 g/mol. The number of esters is 1. The topological polar surface area (TPSA) is 95.9 Å². The van der Waals surface area contributed by atoms with Gasteiger partial charge in [0.2, 0.25) is 5.91 Å². The first-order valence-corrected chi connectivity index (χ1v) is 27.2. The Morgan fingerprint density at radius 2 is 0.797 bits per heavy atom. The molecule has 370 valence electrons. The van der Waals surface area contributed by atoms with Crippen molar-refractivity contribution < 1.29 is 24.5 Å². The molecule has 3 unspecified atom stereocenters. The molecule has 0 aliphatic heterocycles. The lowest BCUT2D eigenvalue weighted by Crippen LogP contribution is -2.46. The first-order valence-electron chi connectivity index (χ1n) is 27.2. The number of aliphatic hydroxyl groups excluding tert-OH is 2. The molecule has 0 radical (unpaired) electrons. The van der Waals surface area contributed by atoms with Crippen LogP contribution in [-0.4, -0.2) is 46.9 Å². The molecule has 6 nitrogen and oxygen atoms in total. The number of carbonyl (C=O) groups is 2. The maximum Gasteiger partial charge on any atom is 0.306 e. The van der Waals surface area contributed by atoms with Crippen LogP contribution < -0.4 is 5.32 Å². The van der Waals surface area contributed by atoms with Crippen LogP contribution in [0.1, 0.15) is 258 Å². The van der Waals surface area contributed by atoms with Crippen molar-refractivity contribution in [3.8, 4) is 0 Å². The molecule has 0 aromatic heterocycles. The third-order valence-electron chi connectivity index (χ3n) is 12.1. The summed E-state index contributed by atoms with van der Waals surface area (Å²) in [6.45, 7) is 6.41. The largest absolute Gasteiger partial charge is 0.462 e. The molecule has 0 saturated heterocycles. The second-order valence-corrected chi connectivity index (χ2v) is 18.4. The molecular formula is C58H103NO5. The minimum Gasteiger partial charge on any atom is -0.462 e. The standard InChI is InChI=1S/C58H103NO5/c1-4-7-10-13-16-19-22-25-27-28-29-30-33-36-39-42-45-48-51-58(63)64-54(49-46-43-40-37-34-31-24-21-18-15-12-9-6-3)52-57(62)59-55(53-60)56(61)50-47-44-41-38-35-32-26-23-20-17-14-11-8-5-2/h16,18-19,21-22,24-25,27-31,54-56,60-61H,4-15,17,20,23,26,32-53H2,1-3H3,(H,59,62)/b19-16+,21-18+,25-22+,28-27+,30-29+,31-24+. The number of unbranched alkanes of at least 4 members (excludes halogenated alkanes) is 28. The van der Waals surface area contributed by atoms with Crippen LogP contribution in [0.15, 0.2) is 72.9 Å². The van der Waals surface area contributed by atoms with Gasteiger partial charge in [0, 0.05) is 6.42 Å². The normalized spacial score (nSPS) is 13.8. The van der Waals surface area contributed by atoms with E-state index >= 15 is 0 Å². The van der Waals surface area contributed by atoms with E-state index in [1.165, 1.54) is 109 Å². The first kappa shape index (κ1) is 61.3. The average Bonchev–Trinajstić information content (AvgIpc) is 3.29. The van der Waals surface area contributed by atoms with Crippen LogP contribution in [0.25, 0.3) is 0 Å². The van der Waals surface area contributed by atoms with Gasteiger partial charge in [-0.15, -0.1) is 0 Å². The van der Waals surface area contributed by atoms with E-state index in [2.05, 4.69) is 99.0 Å². The van der Waals surface area contributed by atoms with Gasteiger partial charge in [0.1, 0.15) is 6.10 Å². The SMILES string of the molecule is CCCCC/C=C/C=C/C=C/C=C/CCCCCCCC(=O)OC(CCCCCC/C=C/C=C/CCCCC)CC(=O)NC(CO)C(O)CCCCCCCCCCCCCCCC. The van der Waals surface area contributed by atoms with Crippen molar-refractivity contribution in [3.63, 3.8) is 0 Å². The highest BCUT2D eigenvalue weighted by atomic mass is 16.5. The molecule has 0 aromatic rings. The lowest BCUT2D eigenvalue weighted by Gasteiger charge is -2.24. The Morgan fingerprint density at radius 3 is 1.25 bits per heavy atom. The van der Waals surface area contributed by atoms with Crippen LogP contribution in [0, 0.1) is 0 Å². The minimum atomic E-state index is -0.800. The third-order valence-corrected chi connectivity index (χ3v) is 12.1. The average molecular weight is 894 g/mol. The van der Waals surface area contributed by atoms with Gasteiger partial charge >= 0.3 is 5.97 Å². The van der Waals surface area contributed by atoms with Crippen LogP contribution >= 0.6 is 0 Å². The maximum atomic E-state index is 13.2. The zero-order valence-corrected chi connectivity index (χ0v) is 42.1. The van der Waals surface area contributed by atoms with Crippen LogP contribution in [0.2, 0.25) is 0 Å². The van der Waals surface area contributed by atoms with Crippen molar-refractivity contribution in [1.82, 2.24) is 5.32 Å². The summed E-state index contributed by atoms with van der Waals surface area (Å²) < 4.78 is 5.93. The molecular weight excluding hydrogens is 791 g/mol. The zero-order valence-electron chi connectivity index (χ0n) is 42.1. The van der Waals surface area contributed by atoms with Gasteiger partial charge in [0.05, 0.1) is 25.2 Å². The summed E-state index contributed by atoms with van der Waals surface area (Å²) in [5.74, 6) is -0.519. The smallest absolute Gasteiger partial charge is 0.306 e. The van der Waals surface area contributed by atoms with E-state index in [0.717, 1.165) is 103 Å². The minimum absolute atomic E-state index is 0.0519. The molecule has 0 bridgehead atoms. The highest BCUT2D eigenvalue weighted by Gasteiger charge is 2.24. The molecule has 0 spiro atoms. The van der Waals surface area contributed by atoms with Crippen molar-refractivity contribution in [3.05, 3.63) is 72.9 Å². The van der Waals surface area contributed by atoms with Crippen molar-refractivity contribution in [2.75, 3.05) is 6.61 Å². The van der Waals surface area contributed by atoms with Crippen molar-refractivity contribution in [1.29, 1.82) is 0 Å². The fourth-order valence-corrected chi connectivity index (χ4v) is 7.96. The molecule has 3 N–H and O–H groups in total. The van der Waals surface area contributed by atoms with Crippen LogP contribution in [0.4, 0.5) is 0 Å². The number of carbonyl (C=O) groups excluding carboxylic acids is 2. The first-order chi connectivity index (χ1) is 31.5. The lowest BCUT2D eigenvalue weighted by atomic mass is 10.0. The molecule has 3 atom stereocenters. The van der Waals surface area contributed by atoms with Crippen LogP contribution in [0.5, 0.6) is 0 Å². The summed E-state index contributed by atoms with van der Waals surface area (Å²) in [6, 6.07) is -0.716. The van der Waals surface area contributed by atoms with E-state index in [1.807, 2.05) is 0 Å². The Labute approximate surface area is 396 Å². The van der Waals surface area contributed by atoms with E-state index in [1.54, 1.807) is 0 Å². The Morgan fingerprint density at radius 1 is 0.453 bits per heavy atom. The van der Waals surface area contributed by atoms with Crippen LogP contribution in [0.3, 0.4) is 0 Å². The molecule has 0 aliphatic rings. The predicted octanol–water partition coefficient (Wildman–Crippen LogP) is 16.6. The van der Waals surface area contributed by atoms with Gasteiger partial charge in [0.25, 0.3) is 0 Å². The van der Waals surface area contributed by atoms with Gasteiger partial charge in [-0.05, 0) is 77.0 Å². The Bertz CT molecular complexity index is 1190. The summed E-state index contributed by atoms with van der Waals surface area (Å²) in [7, 11) is 0. The second-order valence-electron chi connectivity index (χ2n) is 18.4. The fourth-order valence-electron chi connectivity index (χ4n) is 7.96. The molecule has 1 amide bonds. The highest BCUT2D eigenvalue weighted by molar-refractivity contribution is 5.77. The second kappa shape index (κ2) is 51.3. The van der Waals surface area contributed by atoms with Crippen molar-refractivity contribution >= 4 is 11.9 Å². The van der Waals surface area contributed by atoms with Gasteiger partial charge in [-0.3, -0.25) is 9.59 Å². The molecule has 0 heterocycles. The molecule has 0 aliphatic carbocycles. The summed E-state index contributed by atoms with van der Waals surface area (Å²) in [5.41, 5.74) is 0. The molecule has 0 fully saturated rings. The van der Waals surface area contributed by atoms with Crippen molar-refractivity contribution in [2.24, 2.45) is 0 Å². The van der Waals surface area contributed by atoms with E-state index in [-0.39, 0.29) is 24.9 Å². The molecule has 0 saturated carbocycles. The molecule has 0 rings (SSSR count). The van der Waals surface area contributed by atoms with E-state index < -0.39 is 18.2 Å². The Kier molecular flexibility index (Phi) is 49.1. The third kappa shape index (κ3) is 45.9. The van der Waals surface area contributed by atoms with Crippen LogP contribution in [-0.2, 0) is 14.3 Å². The zero-order chi connectivity index (χ0) is 46.7. The number of aliphatic hydroxyl groups is 2. The van der Waals surface area contributed by atoms with Gasteiger partial charge in [0.15, 0.2) is 0 Å². The number of hydrogen-bond donors (Lipinski definition) is 3. The summed E-state index contributed by atoms with van der Waals surface area (Å²) >= 11 is 0. The van der Waals surface area contributed by atoms with Gasteiger partial charge in [-0.25, -0.2) is 0 Å². The highest BCUT2D eigenvalue weighted by Crippen LogP contribution is 2.18. The van der Waals surface area contributed by atoms with Gasteiger partial charge in [-0.1, -0.05) is 241 Å². The number of nitrogens with one attached hydrogen (secondary N) is 1. The predicted molar refractivity (Wildman–Crippen MR) is 278 cm³/mol. The van der Waals surface area contributed by atoms with Crippen molar-refractivity contribution in [2.45, 2.75) is 277 Å². The Hall–Kier alpha value is -2.70. The number of amides is 1. The van der Waals surface area contributed by atoms with Gasteiger partial charge < -0.3 is 20.3 Å². The number of allylic oxidation sites excluding steroid dienone is 12. The quantitative estimate of drug-likeness (QED) is 0.0321. The van der Waals surface area contributed by atoms with Gasteiger partial charge in [-0.2, -0.15) is 0 Å². The molecule has 6 heteroatoms. The molecule has 0 aromatic carbocycles. The lowest BCUT2D eigenvalue weighted by molar-refractivity contribution is -0.151. The number of hydrogen-bond acceptors (Lipinski definition) is 5. The van der Waals surface area contributed by atoms with E-state index in [4.69, 9.17) is 4.74 Å². The summed E-state index contributed by atoms with van der Waals surface area (Å²) in [5, 5.41) is 23.8. The number of ether oxygens (including phenoxy) is 1. The van der Waals surface area contributed by atoms with E-state index in [0.29, 0.717) is 19.3 Å².